The summed E-state index contributed by atoms with van der Waals surface area (Å²) in [5.74, 6) is 0.655. The van der Waals surface area contributed by atoms with Crippen molar-refractivity contribution >= 4 is 5.95 Å². The summed E-state index contributed by atoms with van der Waals surface area (Å²) in [4.78, 5) is 8.65. The molecule has 0 saturated heterocycles. The molecule has 1 aromatic heterocycles. The molecule has 0 amide bonds. The molecule has 0 aliphatic rings. The molecule has 0 aliphatic carbocycles. The van der Waals surface area contributed by atoms with Crippen LogP contribution in [0.1, 0.15) is 19.0 Å². The van der Waals surface area contributed by atoms with Gasteiger partial charge in [-0.1, -0.05) is 6.92 Å². The summed E-state index contributed by atoms with van der Waals surface area (Å²) in [5, 5.41) is 3.12. The van der Waals surface area contributed by atoms with E-state index in [0.717, 1.165) is 18.7 Å². The third-order valence-corrected chi connectivity index (χ3v) is 2.84. The number of aryl methyl sites for hydroxylation is 1. The quantitative estimate of drug-likeness (QED) is 0.908. The van der Waals surface area contributed by atoms with E-state index in [9.17, 15) is 4.39 Å². The Hall–Kier alpha value is -2.17. The van der Waals surface area contributed by atoms with Gasteiger partial charge in [0.25, 0.3) is 0 Å². The fraction of sp³-hybridized carbons (Fsp3) is 0.333. The molecule has 4 nitrogen and oxygen atoms in total. The number of ether oxygens (including phenoxy) is 1. The Morgan fingerprint density at radius 1 is 1.25 bits per heavy atom. The average Bonchev–Trinajstić information content (AvgIpc) is 2.44. The third-order valence-electron chi connectivity index (χ3n) is 2.84. The maximum absolute atomic E-state index is 14.1. The molecule has 2 aromatic rings. The number of halogens is 1. The van der Waals surface area contributed by atoms with E-state index in [0.29, 0.717) is 23.0 Å². The van der Waals surface area contributed by atoms with Gasteiger partial charge in [0, 0.05) is 23.9 Å². The van der Waals surface area contributed by atoms with Gasteiger partial charge in [0.2, 0.25) is 5.95 Å². The molecule has 1 aromatic carbocycles. The van der Waals surface area contributed by atoms with Crippen LogP contribution in [-0.4, -0.2) is 23.6 Å². The Bertz CT molecular complexity index is 602. The van der Waals surface area contributed by atoms with Gasteiger partial charge in [-0.25, -0.2) is 14.4 Å². The fourth-order valence-corrected chi connectivity index (χ4v) is 1.85. The van der Waals surface area contributed by atoms with Gasteiger partial charge in [0.1, 0.15) is 11.6 Å². The monoisotopic (exact) mass is 275 g/mol. The highest BCUT2D eigenvalue weighted by Gasteiger charge is 2.10. The second-order valence-corrected chi connectivity index (χ2v) is 4.49. The number of anilines is 1. The maximum atomic E-state index is 14.1. The van der Waals surface area contributed by atoms with Crippen LogP contribution in [0.5, 0.6) is 5.75 Å². The molecule has 0 bridgehead atoms. The van der Waals surface area contributed by atoms with Gasteiger partial charge in [0.05, 0.1) is 12.8 Å². The van der Waals surface area contributed by atoms with E-state index in [-0.39, 0.29) is 5.82 Å². The Morgan fingerprint density at radius 3 is 2.70 bits per heavy atom. The van der Waals surface area contributed by atoms with Crippen molar-refractivity contribution in [2.75, 3.05) is 19.0 Å². The van der Waals surface area contributed by atoms with Crippen LogP contribution in [0.2, 0.25) is 0 Å². The molecular weight excluding hydrogens is 257 g/mol. The highest BCUT2D eigenvalue weighted by molar-refractivity contribution is 5.62. The molecule has 0 fully saturated rings. The number of methoxy groups -OCH3 is 1. The minimum absolute atomic E-state index is 0.358. The van der Waals surface area contributed by atoms with E-state index in [1.165, 1.54) is 13.2 Å². The normalized spacial score (nSPS) is 10.4. The highest BCUT2D eigenvalue weighted by Crippen LogP contribution is 2.25. The largest absolute Gasteiger partial charge is 0.497 e. The summed E-state index contributed by atoms with van der Waals surface area (Å²) in [6.45, 7) is 4.71. The molecule has 106 valence electrons. The predicted octanol–water partition coefficient (Wildman–Crippen LogP) is 3.42. The van der Waals surface area contributed by atoms with Crippen LogP contribution in [0.25, 0.3) is 11.3 Å². The second kappa shape index (κ2) is 6.32. The smallest absolute Gasteiger partial charge is 0.223 e. The van der Waals surface area contributed by atoms with Crippen molar-refractivity contribution in [1.29, 1.82) is 0 Å². The van der Waals surface area contributed by atoms with Crippen molar-refractivity contribution in [3.8, 4) is 17.0 Å². The van der Waals surface area contributed by atoms with Gasteiger partial charge in [-0.15, -0.1) is 0 Å². The highest BCUT2D eigenvalue weighted by atomic mass is 19.1. The molecule has 0 aliphatic heterocycles. The Morgan fingerprint density at radius 2 is 2.05 bits per heavy atom. The Balaban J connectivity index is 2.39. The first-order chi connectivity index (χ1) is 9.63. The summed E-state index contributed by atoms with van der Waals surface area (Å²) in [5.41, 5.74) is 1.80. The zero-order valence-corrected chi connectivity index (χ0v) is 11.9. The van der Waals surface area contributed by atoms with Crippen molar-refractivity contribution < 1.29 is 9.13 Å². The van der Waals surface area contributed by atoms with Crippen LogP contribution >= 0.6 is 0 Å². The number of rotatable bonds is 5. The summed E-state index contributed by atoms with van der Waals surface area (Å²) in [6, 6.07) is 6.50. The topological polar surface area (TPSA) is 47.0 Å². The first-order valence-corrected chi connectivity index (χ1v) is 6.57. The van der Waals surface area contributed by atoms with Gasteiger partial charge in [-0.2, -0.15) is 0 Å². The van der Waals surface area contributed by atoms with Crippen molar-refractivity contribution in [3.05, 3.63) is 35.8 Å². The maximum Gasteiger partial charge on any atom is 0.223 e. The lowest BCUT2D eigenvalue weighted by molar-refractivity contribution is 0.411. The molecule has 0 spiro atoms. The van der Waals surface area contributed by atoms with Gasteiger partial charge in [-0.05, 0) is 31.5 Å². The van der Waals surface area contributed by atoms with Gasteiger partial charge in [0.15, 0.2) is 0 Å². The lowest BCUT2D eigenvalue weighted by Crippen LogP contribution is -2.06. The fourth-order valence-electron chi connectivity index (χ4n) is 1.85. The number of hydrogen-bond acceptors (Lipinski definition) is 4. The minimum Gasteiger partial charge on any atom is -0.497 e. The van der Waals surface area contributed by atoms with Crippen LogP contribution in [0, 0.1) is 12.7 Å². The number of aromatic nitrogens is 2. The molecule has 2 rings (SSSR count). The van der Waals surface area contributed by atoms with Gasteiger partial charge >= 0.3 is 0 Å². The van der Waals surface area contributed by atoms with Crippen LogP contribution in [0.15, 0.2) is 24.3 Å². The average molecular weight is 275 g/mol. The van der Waals surface area contributed by atoms with Gasteiger partial charge < -0.3 is 10.1 Å². The minimum atomic E-state index is -0.358. The summed E-state index contributed by atoms with van der Waals surface area (Å²) >= 11 is 0. The third kappa shape index (κ3) is 3.23. The zero-order chi connectivity index (χ0) is 14.5. The number of nitrogens with zero attached hydrogens (tertiary/aromatic N) is 2. The first-order valence-electron chi connectivity index (χ1n) is 6.57. The molecular formula is C15H18FN3O. The van der Waals surface area contributed by atoms with E-state index in [1.807, 2.05) is 6.92 Å². The molecule has 1 N–H and O–H groups in total. The van der Waals surface area contributed by atoms with E-state index < -0.39 is 0 Å². The first kappa shape index (κ1) is 14.2. The molecule has 5 heteroatoms. The molecule has 0 unspecified atom stereocenters. The van der Waals surface area contributed by atoms with Crippen molar-refractivity contribution in [3.63, 3.8) is 0 Å². The van der Waals surface area contributed by atoms with Gasteiger partial charge in [-0.3, -0.25) is 0 Å². The summed E-state index contributed by atoms with van der Waals surface area (Å²) in [7, 11) is 1.51. The van der Waals surface area contributed by atoms with Crippen molar-refractivity contribution in [2.24, 2.45) is 0 Å². The number of nitrogens with one attached hydrogen (secondary N) is 1. The van der Waals surface area contributed by atoms with Crippen molar-refractivity contribution in [1.82, 2.24) is 9.97 Å². The lowest BCUT2D eigenvalue weighted by atomic mass is 10.1. The molecule has 0 saturated carbocycles. The van der Waals surface area contributed by atoms with E-state index in [1.54, 1.807) is 18.2 Å². The van der Waals surface area contributed by atoms with Crippen molar-refractivity contribution in [2.45, 2.75) is 20.3 Å². The van der Waals surface area contributed by atoms with Crippen LogP contribution in [-0.2, 0) is 0 Å². The second-order valence-electron chi connectivity index (χ2n) is 4.49. The van der Waals surface area contributed by atoms with Crippen LogP contribution in [0.3, 0.4) is 0 Å². The van der Waals surface area contributed by atoms with E-state index in [4.69, 9.17) is 4.74 Å². The van der Waals surface area contributed by atoms with Crippen LogP contribution in [0.4, 0.5) is 10.3 Å². The summed E-state index contributed by atoms with van der Waals surface area (Å²) < 4.78 is 19.1. The lowest BCUT2D eigenvalue weighted by Gasteiger charge is -2.09. The standard InChI is InChI=1S/C15H18FN3O/c1-4-7-17-15-18-10(2)8-14(19-15)12-6-5-11(20-3)9-13(12)16/h5-6,8-9H,4,7H2,1-3H3,(H,17,18,19). The Labute approximate surface area is 118 Å². The Kier molecular flexibility index (Phi) is 4.50. The number of hydrogen-bond donors (Lipinski definition) is 1. The molecule has 0 atom stereocenters. The molecule has 20 heavy (non-hydrogen) atoms. The molecule has 0 radical (unpaired) electrons. The summed E-state index contributed by atoms with van der Waals surface area (Å²) in [6.07, 6.45) is 0.976. The van der Waals surface area contributed by atoms with Crippen LogP contribution < -0.4 is 10.1 Å². The SMILES string of the molecule is CCCNc1nc(C)cc(-c2ccc(OC)cc2F)n1. The predicted molar refractivity (Wildman–Crippen MR) is 77.5 cm³/mol. The van der Waals surface area contributed by atoms with E-state index in [2.05, 4.69) is 22.2 Å². The number of benzene rings is 1. The zero-order valence-electron chi connectivity index (χ0n) is 11.9. The van der Waals surface area contributed by atoms with E-state index >= 15 is 0 Å². The molecule has 1 heterocycles.